The summed E-state index contributed by atoms with van der Waals surface area (Å²) in [5.41, 5.74) is 1.93. The van der Waals surface area contributed by atoms with Crippen LogP contribution in [0.25, 0.3) is 0 Å². The lowest BCUT2D eigenvalue weighted by Gasteiger charge is -2.33. The molecule has 142 valence electrons. The number of halogens is 1. The number of amides is 2. The molecule has 0 bridgehead atoms. The normalized spacial score (nSPS) is 13.9. The molecule has 1 aliphatic heterocycles. The topological polar surface area (TPSA) is 61.9 Å². The molecule has 1 heterocycles. The molecule has 0 aliphatic carbocycles. The van der Waals surface area contributed by atoms with Crippen molar-refractivity contribution in [1.29, 1.82) is 0 Å². The summed E-state index contributed by atoms with van der Waals surface area (Å²) in [5, 5.41) is 3.22. The molecule has 0 saturated carbocycles. The molecule has 2 aromatic rings. The third-order valence-electron chi connectivity index (χ3n) is 4.47. The number of rotatable bonds is 4. The van der Waals surface area contributed by atoms with Crippen molar-refractivity contribution in [1.82, 2.24) is 10.2 Å². The van der Waals surface area contributed by atoms with Gasteiger partial charge in [0.05, 0.1) is 19.2 Å². The number of carbonyl (C=O) groups excluding carboxylic acids is 2. The second kappa shape index (κ2) is 8.64. The van der Waals surface area contributed by atoms with Gasteiger partial charge in [0.2, 0.25) is 0 Å². The lowest BCUT2D eigenvalue weighted by molar-refractivity contribution is 0.0600. The molecule has 0 spiro atoms. The number of piperazine rings is 1. The molecule has 0 atom stereocenters. The van der Waals surface area contributed by atoms with Gasteiger partial charge < -0.3 is 15.0 Å². The van der Waals surface area contributed by atoms with Gasteiger partial charge in [-0.25, -0.2) is 14.0 Å². The van der Waals surface area contributed by atoms with E-state index in [1.54, 1.807) is 46.2 Å². The summed E-state index contributed by atoms with van der Waals surface area (Å²) >= 11 is 0. The van der Waals surface area contributed by atoms with Crippen molar-refractivity contribution < 1.29 is 18.7 Å². The number of urea groups is 1. The highest BCUT2D eigenvalue weighted by molar-refractivity contribution is 5.92. The van der Waals surface area contributed by atoms with Gasteiger partial charge in [-0.05, 0) is 42.0 Å². The third kappa shape index (κ3) is 4.62. The van der Waals surface area contributed by atoms with Crippen LogP contribution in [-0.2, 0) is 11.3 Å². The lowest BCUT2D eigenvalue weighted by atomic mass is 10.1. The Morgan fingerprint density at radius 1 is 1.07 bits per heavy atom. The van der Waals surface area contributed by atoms with E-state index in [9.17, 15) is 14.0 Å². The summed E-state index contributed by atoms with van der Waals surface area (Å²) in [5.74, 6) is -0.760. The van der Waals surface area contributed by atoms with Crippen molar-refractivity contribution in [3.05, 3.63) is 65.5 Å². The second-order valence-corrected chi connectivity index (χ2v) is 6.27. The number of hydrogen-bond acceptors (Lipinski definition) is 4. The van der Waals surface area contributed by atoms with Crippen LogP contribution in [0.1, 0.15) is 15.9 Å². The van der Waals surface area contributed by atoms with Gasteiger partial charge in [0.1, 0.15) is 5.82 Å². The van der Waals surface area contributed by atoms with E-state index in [1.807, 2.05) is 0 Å². The molecule has 1 N–H and O–H groups in total. The van der Waals surface area contributed by atoms with E-state index in [1.165, 1.54) is 19.2 Å². The number of hydrogen-bond donors (Lipinski definition) is 1. The Morgan fingerprint density at radius 2 is 1.70 bits per heavy atom. The Hall–Kier alpha value is -2.93. The fourth-order valence-electron chi connectivity index (χ4n) is 2.96. The van der Waals surface area contributed by atoms with E-state index in [4.69, 9.17) is 4.74 Å². The van der Waals surface area contributed by atoms with Gasteiger partial charge in [-0.3, -0.25) is 4.90 Å². The maximum Gasteiger partial charge on any atom is 0.337 e. The molecule has 2 aromatic carbocycles. The molecule has 1 aliphatic rings. The van der Waals surface area contributed by atoms with Crippen LogP contribution in [0.2, 0.25) is 0 Å². The standard InChI is InChI=1S/C20H22FN3O3/c1-27-19(25)16-4-2-15(3-5-16)14-24(18-8-6-17(21)7-9-18)20(26)23-12-10-22-11-13-23/h2-9,22H,10-14H2,1H3. The molecule has 7 heteroatoms. The first kappa shape index (κ1) is 18.8. The van der Waals surface area contributed by atoms with Crippen molar-refractivity contribution in [3.63, 3.8) is 0 Å². The second-order valence-electron chi connectivity index (χ2n) is 6.27. The number of esters is 1. The quantitative estimate of drug-likeness (QED) is 0.840. The van der Waals surface area contributed by atoms with Crippen molar-refractivity contribution in [3.8, 4) is 0 Å². The number of carbonyl (C=O) groups is 2. The molecule has 2 amide bonds. The fourth-order valence-corrected chi connectivity index (χ4v) is 2.96. The summed E-state index contributed by atoms with van der Waals surface area (Å²) in [6, 6.07) is 12.7. The van der Waals surface area contributed by atoms with Crippen LogP contribution < -0.4 is 10.2 Å². The molecule has 3 rings (SSSR count). The largest absolute Gasteiger partial charge is 0.465 e. The summed E-state index contributed by atoms with van der Waals surface area (Å²) in [6.07, 6.45) is 0. The van der Waals surface area contributed by atoms with Gasteiger partial charge >= 0.3 is 12.0 Å². The number of nitrogens with one attached hydrogen (secondary N) is 1. The first-order valence-electron chi connectivity index (χ1n) is 8.78. The zero-order valence-corrected chi connectivity index (χ0v) is 15.2. The Labute approximate surface area is 157 Å². The minimum Gasteiger partial charge on any atom is -0.465 e. The zero-order chi connectivity index (χ0) is 19.2. The minimum absolute atomic E-state index is 0.125. The molecule has 6 nitrogen and oxygen atoms in total. The van der Waals surface area contributed by atoms with E-state index < -0.39 is 5.97 Å². The molecule has 1 fully saturated rings. The van der Waals surface area contributed by atoms with Gasteiger partial charge in [-0.15, -0.1) is 0 Å². The van der Waals surface area contributed by atoms with Gasteiger partial charge in [0.25, 0.3) is 0 Å². The zero-order valence-electron chi connectivity index (χ0n) is 15.2. The van der Waals surface area contributed by atoms with Crippen LogP contribution in [0, 0.1) is 5.82 Å². The molecule has 0 unspecified atom stereocenters. The van der Waals surface area contributed by atoms with E-state index >= 15 is 0 Å². The molecule has 1 saturated heterocycles. The minimum atomic E-state index is -0.408. The summed E-state index contributed by atoms with van der Waals surface area (Å²) in [7, 11) is 1.33. The number of nitrogens with zero attached hydrogens (tertiary/aromatic N) is 2. The number of anilines is 1. The maximum atomic E-state index is 13.3. The lowest BCUT2D eigenvalue weighted by Crippen LogP contribution is -2.51. The first-order chi connectivity index (χ1) is 13.1. The van der Waals surface area contributed by atoms with Crippen molar-refractivity contribution in [2.24, 2.45) is 0 Å². The summed E-state index contributed by atoms with van der Waals surface area (Å²) < 4.78 is 18.0. The van der Waals surface area contributed by atoms with Crippen LogP contribution in [0.5, 0.6) is 0 Å². The van der Waals surface area contributed by atoms with Crippen LogP contribution in [0.15, 0.2) is 48.5 Å². The average Bonchev–Trinajstić information content (AvgIpc) is 2.73. The molecular weight excluding hydrogens is 349 g/mol. The highest BCUT2D eigenvalue weighted by Gasteiger charge is 2.24. The molecule has 27 heavy (non-hydrogen) atoms. The summed E-state index contributed by atoms with van der Waals surface area (Å²) in [6.45, 7) is 3.05. The van der Waals surface area contributed by atoms with Crippen LogP contribution in [0.3, 0.4) is 0 Å². The van der Waals surface area contributed by atoms with Crippen LogP contribution in [-0.4, -0.2) is 50.2 Å². The number of benzene rings is 2. The number of ether oxygens (including phenoxy) is 1. The SMILES string of the molecule is COC(=O)c1ccc(CN(C(=O)N2CCNCC2)c2ccc(F)cc2)cc1. The van der Waals surface area contributed by atoms with E-state index in [0.29, 0.717) is 30.9 Å². The highest BCUT2D eigenvalue weighted by atomic mass is 19.1. The van der Waals surface area contributed by atoms with E-state index in [0.717, 1.165) is 18.7 Å². The third-order valence-corrected chi connectivity index (χ3v) is 4.47. The van der Waals surface area contributed by atoms with E-state index in [2.05, 4.69) is 5.32 Å². The van der Waals surface area contributed by atoms with Crippen LogP contribution in [0.4, 0.5) is 14.9 Å². The van der Waals surface area contributed by atoms with E-state index in [-0.39, 0.29) is 11.8 Å². The maximum absolute atomic E-state index is 13.3. The summed E-state index contributed by atoms with van der Waals surface area (Å²) in [4.78, 5) is 28.0. The average molecular weight is 371 g/mol. The predicted molar refractivity (Wildman–Crippen MR) is 100 cm³/mol. The predicted octanol–water partition coefficient (Wildman–Crippen LogP) is 2.64. The van der Waals surface area contributed by atoms with Crippen molar-refractivity contribution >= 4 is 17.7 Å². The van der Waals surface area contributed by atoms with Gasteiger partial charge in [-0.1, -0.05) is 12.1 Å². The molecule has 0 aromatic heterocycles. The fraction of sp³-hybridized carbons (Fsp3) is 0.300. The van der Waals surface area contributed by atoms with Gasteiger partial charge in [-0.2, -0.15) is 0 Å². The first-order valence-corrected chi connectivity index (χ1v) is 8.78. The van der Waals surface area contributed by atoms with Crippen LogP contribution >= 0.6 is 0 Å². The Kier molecular flexibility index (Phi) is 6.03. The Balaban J connectivity index is 1.83. The Bertz CT molecular complexity index is 787. The molecular formula is C20H22FN3O3. The number of methoxy groups -OCH3 is 1. The molecule has 0 radical (unpaired) electrons. The Morgan fingerprint density at radius 3 is 2.30 bits per heavy atom. The van der Waals surface area contributed by atoms with Gasteiger partial charge in [0.15, 0.2) is 0 Å². The van der Waals surface area contributed by atoms with Crippen molar-refractivity contribution in [2.45, 2.75) is 6.54 Å². The smallest absolute Gasteiger partial charge is 0.337 e. The monoisotopic (exact) mass is 371 g/mol. The highest BCUT2D eigenvalue weighted by Crippen LogP contribution is 2.20. The van der Waals surface area contributed by atoms with Crippen molar-refractivity contribution in [2.75, 3.05) is 38.2 Å². The van der Waals surface area contributed by atoms with Gasteiger partial charge in [0, 0.05) is 31.9 Å².